The molecule has 1 atom stereocenters. The smallest absolute Gasteiger partial charge is 0.0865 e. The van der Waals surface area contributed by atoms with Crippen LogP contribution in [0.15, 0.2) is 36.4 Å². The number of thiocarbonyl (C=S) groups is 1. The topological polar surface area (TPSA) is 28.7 Å². The van der Waals surface area contributed by atoms with E-state index in [1.54, 1.807) is 0 Å². The Morgan fingerprint density at radius 2 is 1.95 bits per heavy atom. The molecule has 0 N–H and O–H groups in total. The van der Waals surface area contributed by atoms with Crippen LogP contribution in [0.1, 0.15) is 61.0 Å². The van der Waals surface area contributed by atoms with E-state index in [9.17, 15) is 5.26 Å². The number of nitrogens with zero attached hydrogens (tertiary/aromatic N) is 2. The van der Waals surface area contributed by atoms with Crippen LogP contribution < -0.4 is 0 Å². The van der Waals surface area contributed by atoms with Gasteiger partial charge in [-0.2, -0.15) is 5.26 Å². The lowest BCUT2D eigenvalue weighted by Gasteiger charge is -2.22. The zero-order valence-corrected chi connectivity index (χ0v) is 13.9. The number of benzene rings is 1. The van der Waals surface area contributed by atoms with Crippen molar-refractivity contribution in [2.24, 2.45) is 0 Å². The molecule has 1 aromatic carbocycles. The fourth-order valence-electron chi connectivity index (χ4n) is 3.13. The van der Waals surface area contributed by atoms with Crippen molar-refractivity contribution in [1.29, 1.82) is 5.26 Å². The highest BCUT2D eigenvalue weighted by Crippen LogP contribution is 2.30. The van der Waals surface area contributed by atoms with Gasteiger partial charge in [-0.15, -0.1) is 0 Å². The summed E-state index contributed by atoms with van der Waals surface area (Å²) in [6, 6.07) is 15.1. The lowest BCUT2D eigenvalue weighted by atomic mass is 9.97. The van der Waals surface area contributed by atoms with Crippen molar-refractivity contribution < 1.29 is 0 Å². The molecule has 3 rings (SSSR count). The molecule has 0 spiro atoms. The fourth-order valence-corrected chi connectivity index (χ4v) is 3.45. The molecule has 1 aliphatic heterocycles. The highest BCUT2D eigenvalue weighted by Gasteiger charge is 2.23. The summed E-state index contributed by atoms with van der Waals surface area (Å²) in [7, 11) is 0. The van der Waals surface area contributed by atoms with Gasteiger partial charge < -0.3 is 4.57 Å². The first-order chi connectivity index (χ1) is 10.6. The fraction of sp³-hybridized carbons (Fsp3) is 0.368. The summed E-state index contributed by atoms with van der Waals surface area (Å²) in [6.45, 7) is 5.34. The maximum atomic E-state index is 9.29. The maximum Gasteiger partial charge on any atom is 0.0865 e. The molecule has 1 aliphatic rings. The number of aromatic nitrogens is 1. The van der Waals surface area contributed by atoms with Gasteiger partial charge in [-0.1, -0.05) is 50.3 Å². The van der Waals surface area contributed by atoms with E-state index in [4.69, 9.17) is 12.2 Å². The van der Waals surface area contributed by atoms with Crippen LogP contribution in [0.25, 0.3) is 0 Å². The van der Waals surface area contributed by atoms with Crippen molar-refractivity contribution in [1.82, 2.24) is 4.57 Å². The normalized spacial score (nSPS) is 17.1. The Balaban J connectivity index is 1.93. The summed E-state index contributed by atoms with van der Waals surface area (Å²) >= 11 is 5.71. The molecule has 2 heterocycles. The largest absolute Gasteiger partial charge is 0.343 e. The summed E-state index contributed by atoms with van der Waals surface area (Å²) in [5.74, 6) is 0.536. The third-order valence-electron chi connectivity index (χ3n) is 4.47. The lowest BCUT2D eigenvalue weighted by Crippen LogP contribution is -2.18. The van der Waals surface area contributed by atoms with Gasteiger partial charge in [-0.3, -0.25) is 0 Å². The number of rotatable bonds is 3. The van der Waals surface area contributed by atoms with Gasteiger partial charge in [0, 0.05) is 12.2 Å². The quantitative estimate of drug-likeness (QED) is 0.603. The summed E-state index contributed by atoms with van der Waals surface area (Å²) in [5, 5.41) is 9.29. The Morgan fingerprint density at radius 3 is 2.59 bits per heavy atom. The first-order valence-corrected chi connectivity index (χ1v) is 8.26. The number of hydrogen-bond donors (Lipinski definition) is 0. The molecule has 1 aromatic heterocycles. The number of fused-ring (bicyclic) bond motifs is 1. The van der Waals surface area contributed by atoms with Crippen molar-refractivity contribution in [3.8, 4) is 6.07 Å². The second-order valence-electron chi connectivity index (χ2n) is 6.22. The van der Waals surface area contributed by atoms with E-state index in [0.717, 1.165) is 41.2 Å². The second kappa shape index (κ2) is 6.06. The molecule has 0 radical (unpaired) electrons. The molecule has 0 fully saturated rings. The third-order valence-corrected chi connectivity index (χ3v) is 4.92. The summed E-state index contributed by atoms with van der Waals surface area (Å²) < 4.78 is 2.23. The molecule has 0 aliphatic carbocycles. The van der Waals surface area contributed by atoms with Crippen LogP contribution >= 0.6 is 12.2 Å². The van der Waals surface area contributed by atoms with E-state index >= 15 is 0 Å². The second-order valence-corrected chi connectivity index (χ2v) is 6.63. The molecule has 0 saturated heterocycles. The van der Waals surface area contributed by atoms with Crippen molar-refractivity contribution >= 4 is 17.1 Å². The first-order valence-electron chi connectivity index (χ1n) is 7.85. The minimum Gasteiger partial charge on any atom is -0.343 e. The Hall–Kier alpha value is -1.92. The highest BCUT2D eigenvalue weighted by atomic mass is 32.1. The lowest BCUT2D eigenvalue weighted by molar-refractivity contribution is 0.502. The molecule has 0 saturated carbocycles. The van der Waals surface area contributed by atoms with Gasteiger partial charge in [-0.25, -0.2) is 0 Å². The third kappa shape index (κ3) is 2.60. The average Bonchev–Trinajstić information content (AvgIpc) is 2.98. The zero-order chi connectivity index (χ0) is 15.7. The van der Waals surface area contributed by atoms with Crippen LogP contribution in [-0.4, -0.2) is 9.43 Å². The Morgan fingerprint density at radius 1 is 1.23 bits per heavy atom. The summed E-state index contributed by atoms with van der Waals surface area (Å²) in [5.41, 5.74) is 4.60. The van der Waals surface area contributed by atoms with Gasteiger partial charge in [0.05, 0.1) is 22.5 Å². The Bertz CT molecular complexity index is 732. The Labute approximate surface area is 137 Å². The highest BCUT2D eigenvalue weighted by molar-refractivity contribution is 7.81. The van der Waals surface area contributed by atoms with Gasteiger partial charge in [0.2, 0.25) is 0 Å². The molecule has 0 bridgehead atoms. The van der Waals surface area contributed by atoms with E-state index in [-0.39, 0.29) is 5.92 Å². The molecule has 3 heteroatoms. The minimum absolute atomic E-state index is 0.00798. The molecule has 112 valence electrons. The van der Waals surface area contributed by atoms with Gasteiger partial charge >= 0.3 is 0 Å². The molecule has 22 heavy (non-hydrogen) atoms. The SMILES string of the molecule is CC(C)c1ccc(C(=S)c2ccc3n2CCCC3C#N)cc1. The number of hydrogen-bond acceptors (Lipinski definition) is 2. The van der Waals surface area contributed by atoms with Crippen LogP contribution in [0.2, 0.25) is 0 Å². The van der Waals surface area contributed by atoms with Crippen molar-refractivity contribution in [3.05, 3.63) is 58.9 Å². The predicted molar refractivity (Wildman–Crippen MR) is 93.4 cm³/mol. The maximum absolute atomic E-state index is 9.29. The minimum atomic E-state index is 0.00798. The summed E-state index contributed by atoms with van der Waals surface area (Å²) in [6.07, 6.45) is 2.00. The van der Waals surface area contributed by atoms with E-state index in [1.807, 2.05) is 0 Å². The molecule has 0 amide bonds. The monoisotopic (exact) mass is 308 g/mol. The van der Waals surface area contributed by atoms with E-state index in [0.29, 0.717) is 5.92 Å². The van der Waals surface area contributed by atoms with Gasteiger partial charge in [0.15, 0.2) is 0 Å². The molecular formula is C19H20N2S. The standard InChI is InChI=1S/C19H20N2S/c1-13(2)14-5-7-15(8-6-14)19(22)18-10-9-17-16(12-20)4-3-11-21(17)18/h5-10,13,16H,3-4,11H2,1-2H3. The molecule has 2 nitrogen and oxygen atoms in total. The van der Waals surface area contributed by atoms with Gasteiger partial charge in [-0.05, 0) is 42.0 Å². The van der Waals surface area contributed by atoms with Crippen molar-refractivity contribution in [2.45, 2.75) is 45.1 Å². The molecule has 1 unspecified atom stereocenters. The van der Waals surface area contributed by atoms with E-state index < -0.39 is 0 Å². The average molecular weight is 308 g/mol. The van der Waals surface area contributed by atoms with Gasteiger partial charge in [0.25, 0.3) is 0 Å². The van der Waals surface area contributed by atoms with Crippen LogP contribution in [0.5, 0.6) is 0 Å². The van der Waals surface area contributed by atoms with E-state index in [2.05, 4.69) is 60.9 Å². The van der Waals surface area contributed by atoms with Crippen molar-refractivity contribution in [3.63, 3.8) is 0 Å². The van der Waals surface area contributed by atoms with Gasteiger partial charge in [0.1, 0.15) is 0 Å². The van der Waals surface area contributed by atoms with Crippen LogP contribution in [0, 0.1) is 11.3 Å². The van der Waals surface area contributed by atoms with Crippen molar-refractivity contribution in [2.75, 3.05) is 0 Å². The van der Waals surface area contributed by atoms with E-state index in [1.165, 1.54) is 5.56 Å². The zero-order valence-electron chi connectivity index (χ0n) is 13.0. The molecular weight excluding hydrogens is 288 g/mol. The van der Waals surface area contributed by atoms with Crippen LogP contribution in [0.4, 0.5) is 0 Å². The molecule has 2 aromatic rings. The number of nitriles is 1. The van der Waals surface area contributed by atoms with Crippen LogP contribution in [0.3, 0.4) is 0 Å². The summed E-state index contributed by atoms with van der Waals surface area (Å²) in [4.78, 5) is 0.875. The first kappa shape index (κ1) is 15.0. The Kier molecular flexibility index (Phi) is 4.13. The van der Waals surface area contributed by atoms with Crippen LogP contribution in [-0.2, 0) is 6.54 Å². The predicted octanol–water partition coefficient (Wildman–Crippen LogP) is 4.78.